The predicted octanol–water partition coefficient (Wildman–Crippen LogP) is 4.10. The summed E-state index contributed by atoms with van der Waals surface area (Å²) in [5.41, 5.74) is 0.952. The van der Waals surface area contributed by atoms with Gasteiger partial charge in [0.25, 0.3) is 0 Å². The van der Waals surface area contributed by atoms with Crippen LogP contribution in [-0.4, -0.2) is 16.3 Å². The molecule has 3 rings (SSSR count). The molecule has 0 aliphatic heterocycles. The maximum Gasteiger partial charge on any atom is 0.304 e. The van der Waals surface area contributed by atoms with Crippen molar-refractivity contribution >= 4 is 29.3 Å². The zero-order chi connectivity index (χ0) is 12.8. The average molecular weight is 283 g/mol. The van der Waals surface area contributed by atoms with Crippen molar-refractivity contribution in [3.63, 3.8) is 0 Å². The van der Waals surface area contributed by atoms with E-state index in [2.05, 4.69) is 12.1 Å². The summed E-state index contributed by atoms with van der Waals surface area (Å²) >= 11 is 8.14. The van der Waals surface area contributed by atoms with Gasteiger partial charge in [0.2, 0.25) is 0 Å². The van der Waals surface area contributed by atoms with Crippen molar-refractivity contribution < 1.29 is 9.90 Å². The second kappa shape index (κ2) is 4.46. The van der Waals surface area contributed by atoms with Crippen molar-refractivity contribution in [1.82, 2.24) is 0 Å². The Morgan fingerprint density at radius 1 is 1.44 bits per heavy atom. The largest absolute Gasteiger partial charge is 0.481 e. The molecule has 0 unspecified atom stereocenters. The van der Waals surface area contributed by atoms with Crippen molar-refractivity contribution in [3.05, 3.63) is 28.8 Å². The molecule has 0 spiro atoms. The summed E-state index contributed by atoms with van der Waals surface area (Å²) in [7, 11) is 0. The normalized spacial score (nSPS) is 20.7. The smallest absolute Gasteiger partial charge is 0.304 e. The van der Waals surface area contributed by atoms with Crippen LogP contribution < -0.4 is 0 Å². The average Bonchev–Trinajstić information content (AvgIpc) is 3.17. The molecule has 2 aliphatic rings. The molecule has 1 N–H and O–H groups in total. The van der Waals surface area contributed by atoms with E-state index in [0.717, 1.165) is 33.6 Å². The molecule has 0 aromatic heterocycles. The van der Waals surface area contributed by atoms with Crippen LogP contribution in [0.15, 0.2) is 23.1 Å². The molecule has 2 aliphatic carbocycles. The van der Waals surface area contributed by atoms with E-state index in [1.807, 2.05) is 17.8 Å². The summed E-state index contributed by atoms with van der Waals surface area (Å²) < 4.78 is 0. The number of carboxylic acid groups (broad SMARTS) is 1. The van der Waals surface area contributed by atoms with Crippen molar-refractivity contribution in [2.75, 3.05) is 0 Å². The van der Waals surface area contributed by atoms with Crippen LogP contribution in [0.4, 0.5) is 0 Å². The molecule has 2 fully saturated rings. The number of carbonyl (C=O) groups is 1. The second-order valence-corrected chi connectivity index (χ2v) is 7.06. The van der Waals surface area contributed by atoms with Crippen LogP contribution in [0.2, 0.25) is 5.02 Å². The summed E-state index contributed by atoms with van der Waals surface area (Å²) in [4.78, 5) is 12.0. The first-order valence-corrected chi connectivity index (χ1v) is 7.53. The Morgan fingerprint density at radius 2 is 2.17 bits per heavy atom. The molecule has 0 bridgehead atoms. The van der Waals surface area contributed by atoms with Crippen molar-refractivity contribution in [3.8, 4) is 0 Å². The van der Waals surface area contributed by atoms with Gasteiger partial charge in [0.15, 0.2) is 0 Å². The number of carboxylic acids is 1. The SMILES string of the molecule is O=C(O)CC1(c2ccc(SC3CC3)c(Cl)c2)CC1. The van der Waals surface area contributed by atoms with E-state index >= 15 is 0 Å². The molecular weight excluding hydrogens is 268 g/mol. The van der Waals surface area contributed by atoms with Crippen LogP contribution in [0.1, 0.15) is 37.7 Å². The molecule has 0 heterocycles. The standard InChI is InChI=1S/C14H15ClO2S/c15-11-7-9(14(5-6-14)8-13(16)17)1-4-12(11)18-10-2-3-10/h1,4,7,10H,2-3,5-6,8H2,(H,16,17). The van der Waals surface area contributed by atoms with Gasteiger partial charge in [-0.15, -0.1) is 11.8 Å². The van der Waals surface area contributed by atoms with Crippen LogP contribution in [0, 0.1) is 0 Å². The van der Waals surface area contributed by atoms with Crippen LogP contribution in [0.25, 0.3) is 0 Å². The lowest BCUT2D eigenvalue weighted by Gasteiger charge is -2.14. The molecule has 2 saturated carbocycles. The van der Waals surface area contributed by atoms with Gasteiger partial charge in [-0.05, 0) is 43.4 Å². The third-order valence-corrected chi connectivity index (χ3v) is 5.54. The number of hydrogen-bond acceptors (Lipinski definition) is 2. The minimum Gasteiger partial charge on any atom is -0.481 e. The minimum absolute atomic E-state index is 0.141. The van der Waals surface area contributed by atoms with Crippen LogP contribution in [-0.2, 0) is 10.2 Å². The minimum atomic E-state index is -0.722. The van der Waals surface area contributed by atoms with Crippen LogP contribution >= 0.6 is 23.4 Å². The van der Waals surface area contributed by atoms with Gasteiger partial charge in [-0.2, -0.15) is 0 Å². The fourth-order valence-electron chi connectivity index (χ4n) is 2.30. The van der Waals surface area contributed by atoms with Gasteiger partial charge >= 0.3 is 5.97 Å². The van der Waals surface area contributed by atoms with Gasteiger partial charge in [-0.25, -0.2) is 0 Å². The number of thioether (sulfide) groups is 1. The van der Waals surface area contributed by atoms with E-state index in [4.69, 9.17) is 16.7 Å². The van der Waals surface area contributed by atoms with Crippen molar-refractivity contribution in [2.45, 2.75) is 47.7 Å². The van der Waals surface area contributed by atoms with Crippen LogP contribution in [0.5, 0.6) is 0 Å². The Balaban J connectivity index is 1.80. The lowest BCUT2D eigenvalue weighted by Crippen LogP contribution is -2.12. The Morgan fingerprint density at radius 3 is 2.67 bits per heavy atom. The quantitative estimate of drug-likeness (QED) is 0.883. The number of aliphatic carboxylic acids is 1. The topological polar surface area (TPSA) is 37.3 Å². The first-order chi connectivity index (χ1) is 8.59. The number of benzene rings is 1. The van der Waals surface area contributed by atoms with E-state index in [1.54, 1.807) is 0 Å². The van der Waals surface area contributed by atoms with Gasteiger partial charge in [0.1, 0.15) is 0 Å². The Kier molecular flexibility index (Phi) is 3.07. The maximum absolute atomic E-state index is 10.9. The van der Waals surface area contributed by atoms with E-state index in [0.29, 0.717) is 0 Å². The monoisotopic (exact) mass is 282 g/mol. The molecule has 1 aromatic rings. The number of halogens is 1. The second-order valence-electron chi connectivity index (χ2n) is 5.31. The third-order valence-electron chi connectivity index (χ3n) is 3.71. The Bertz CT molecular complexity index is 493. The first kappa shape index (κ1) is 12.4. The first-order valence-electron chi connectivity index (χ1n) is 6.28. The van der Waals surface area contributed by atoms with Crippen LogP contribution in [0.3, 0.4) is 0 Å². The van der Waals surface area contributed by atoms with E-state index in [-0.39, 0.29) is 11.8 Å². The molecular formula is C14H15ClO2S. The van der Waals surface area contributed by atoms with E-state index in [9.17, 15) is 4.79 Å². The highest BCUT2D eigenvalue weighted by molar-refractivity contribution is 8.00. The summed E-state index contributed by atoms with van der Waals surface area (Å²) in [5, 5.41) is 10.5. The van der Waals surface area contributed by atoms with E-state index < -0.39 is 5.97 Å². The lowest BCUT2D eigenvalue weighted by atomic mass is 9.92. The molecule has 0 saturated heterocycles. The zero-order valence-electron chi connectivity index (χ0n) is 9.99. The molecule has 2 nitrogen and oxygen atoms in total. The molecule has 0 radical (unpaired) electrons. The van der Waals surface area contributed by atoms with Gasteiger partial charge in [-0.3, -0.25) is 4.79 Å². The molecule has 96 valence electrons. The highest BCUT2D eigenvalue weighted by Crippen LogP contribution is 2.52. The summed E-state index contributed by atoms with van der Waals surface area (Å²) in [5.74, 6) is -0.722. The van der Waals surface area contributed by atoms with Gasteiger partial charge in [0.05, 0.1) is 11.4 Å². The fraction of sp³-hybridized carbons (Fsp3) is 0.500. The highest BCUT2D eigenvalue weighted by atomic mass is 35.5. The Labute approximate surface area is 116 Å². The summed E-state index contributed by atoms with van der Waals surface area (Å²) in [6, 6.07) is 6.09. The Hall–Kier alpha value is -0.670. The zero-order valence-corrected chi connectivity index (χ0v) is 11.6. The highest BCUT2D eigenvalue weighted by Gasteiger charge is 2.46. The number of hydrogen-bond donors (Lipinski definition) is 1. The molecule has 4 heteroatoms. The predicted molar refractivity (Wildman–Crippen MR) is 73.5 cm³/mol. The van der Waals surface area contributed by atoms with Gasteiger partial charge in [-0.1, -0.05) is 17.7 Å². The maximum atomic E-state index is 10.9. The molecule has 18 heavy (non-hydrogen) atoms. The fourth-order valence-corrected chi connectivity index (χ4v) is 3.66. The summed E-state index contributed by atoms with van der Waals surface area (Å²) in [6.45, 7) is 0. The number of rotatable bonds is 5. The molecule has 1 aromatic carbocycles. The van der Waals surface area contributed by atoms with Gasteiger partial charge in [0, 0.05) is 15.6 Å². The lowest BCUT2D eigenvalue weighted by molar-refractivity contribution is -0.137. The van der Waals surface area contributed by atoms with Crippen molar-refractivity contribution in [1.29, 1.82) is 0 Å². The van der Waals surface area contributed by atoms with E-state index in [1.165, 1.54) is 12.8 Å². The molecule has 0 amide bonds. The molecule has 0 atom stereocenters. The van der Waals surface area contributed by atoms with Gasteiger partial charge < -0.3 is 5.11 Å². The third kappa shape index (κ3) is 2.52. The summed E-state index contributed by atoms with van der Waals surface area (Å²) in [6.07, 6.45) is 4.71. The van der Waals surface area contributed by atoms with Crippen molar-refractivity contribution in [2.24, 2.45) is 0 Å².